The molecule has 5 heteroatoms. The predicted octanol–water partition coefficient (Wildman–Crippen LogP) is 2.24. The summed E-state index contributed by atoms with van der Waals surface area (Å²) in [4.78, 5) is 27.7. The molecule has 1 aromatic carbocycles. The first-order valence-electron chi connectivity index (χ1n) is 5.92. The Morgan fingerprint density at radius 2 is 1.95 bits per heavy atom. The molecule has 0 aliphatic carbocycles. The van der Waals surface area contributed by atoms with Crippen LogP contribution in [0.15, 0.2) is 39.5 Å². The summed E-state index contributed by atoms with van der Waals surface area (Å²) in [6.07, 6.45) is 0.580. The summed E-state index contributed by atoms with van der Waals surface area (Å²) in [7, 11) is 0. The highest BCUT2D eigenvalue weighted by Gasteiger charge is 2.07. The van der Waals surface area contributed by atoms with Crippen LogP contribution in [0.4, 0.5) is 0 Å². The summed E-state index contributed by atoms with van der Waals surface area (Å²) < 4.78 is 5.44. The first-order chi connectivity index (χ1) is 9.11. The van der Waals surface area contributed by atoms with Crippen molar-refractivity contribution in [3.63, 3.8) is 0 Å². The van der Waals surface area contributed by atoms with Gasteiger partial charge in [-0.1, -0.05) is 6.07 Å². The smallest absolute Gasteiger partial charge is 0.323 e. The molecule has 0 aliphatic heterocycles. The van der Waals surface area contributed by atoms with Crippen molar-refractivity contribution >= 4 is 16.8 Å². The fraction of sp³-hybridized carbons (Fsp3) is 0.143. The minimum Gasteiger partial charge on any atom is -0.458 e. The number of aromatic nitrogens is 2. The van der Waals surface area contributed by atoms with Crippen molar-refractivity contribution in [2.45, 2.75) is 13.3 Å². The lowest BCUT2D eigenvalue weighted by molar-refractivity contribution is 0.0985. The van der Waals surface area contributed by atoms with Crippen LogP contribution in [0.1, 0.15) is 28.8 Å². The van der Waals surface area contributed by atoms with Gasteiger partial charge in [0.05, 0.1) is 11.0 Å². The average molecular weight is 256 g/mol. The highest BCUT2D eigenvalue weighted by Crippen LogP contribution is 2.16. The summed E-state index contributed by atoms with van der Waals surface area (Å²) in [6, 6.07) is 9.12. The lowest BCUT2D eigenvalue weighted by Crippen LogP contribution is -1.99. The molecule has 0 saturated heterocycles. The van der Waals surface area contributed by atoms with Gasteiger partial charge in [0.2, 0.25) is 0 Å². The van der Waals surface area contributed by atoms with Crippen LogP contribution in [-0.2, 0) is 6.42 Å². The van der Waals surface area contributed by atoms with E-state index in [0.29, 0.717) is 12.2 Å². The van der Waals surface area contributed by atoms with Crippen LogP contribution in [0.2, 0.25) is 0 Å². The van der Waals surface area contributed by atoms with E-state index in [1.165, 1.54) is 6.92 Å². The Morgan fingerprint density at radius 3 is 2.68 bits per heavy atom. The van der Waals surface area contributed by atoms with E-state index in [9.17, 15) is 9.59 Å². The number of ketones is 1. The Labute approximate surface area is 108 Å². The molecule has 0 amide bonds. The molecule has 3 rings (SSSR count). The van der Waals surface area contributed by atoms with Crippen molar-refractivity contribution in [3.05, 3.63) is 57.9 Å². The number of rotatable bonds is 3. The van der Waals surface area contributed by atoms with Crippen molar-refractivity contribution < 1.29 is 9.21 Å². The molecule has 0 atom stereocenters. The van der Waals surface area contributed by atoms with E-state index in [4.69, 9.17) is 4.42 Å². The number of Topliss-reactive ketones (excluding diaryl/α,β-unsaturated/α-hetero) is 1. The molecule has 0 unspecified atom stereocenters. The SMILES string of the molecule is CC(=O)c1ccc(Cc2ccc3[nH]c(=O)[nH]c3c2)o1. The van der Waals surface area contributed by atoms with Gasteiger partial charge >= 0.3 is 5.69 Å². The fourth-order valence-electron chi connectivity index (χ4n) is 2.05. The number of fused-ring (bicyclic) bond motifs is 1. The molecule has 0 bridgehead atoms. The van der Waals surface area contributed by atoms with Gasteiger partial charge in [-0.15, -0.1) is 0 Å². The third-order valence-electron chi connectivity index (χ3n) is 2.97. The summed E-state index contributed by atoms with van der Waals surface area (Å²) in [5.74, 6) is 1.00. The molecule has 0 aliphatic rings. The Kier molecular flexibility index (Phi) is 2.59. The third-order valence-corrected chi connectivity index (χ3v) is 2.97. The van der Waals surface area contributed by atoms with Gasteiger partial charge in [0.25, 0.3) is 0 Å². The summed E-state index contributed by atoms with van der Waals surface area (Å²) in [6.45, 7) is 1.47. The first kappa shape index (κ1) is 11.5. The normalized spacial score (nSPS) is 11.0. The maximum Gasteiger partial charge on any atom is 0.323 e. The topological polar surface area (TPSA) is 78.9 Å². The molecule has 19 heavy (non-hydrogen) atoms. The largest absolute Gasteiger partial charge is 0.458 e. The Morgan fingerprint density at radius 1 is 1.16 bits per heavy atom. The number of furan rings is 1. The van der Waals surface area contributed by atoms with Gasteiger partial charge in [0, 0.05) is 13.3 Å². The zero-order valence-corrected chi connectivity index (χ0v) is 10.3. The van der Waals surface area contributed by atoms with Crippen molar-refractivity contribution in [2.75, 3.05) is 0 Å². The number of nitrogens with one attached hydrogen (secondary N) is 2. The van der Waals surface area contributed by atoms with Crippen molar-refractivity contribution in [1.82, 2.24) is 9.97 Å². The predicted molar refractivity (Wildman–Crippen MR) is 70.4 cm³/mol. The highest BCUT2D eigenvalue weighted by molar-refractivity contribution is 5.91. The molecule has 2 aromatic heterocycles. The van der Waals surface area contributed by atoms with Gasteiger partial charge in [0.15, 0.2) is 11.5 Å². The van der Waals surface area contributed by atoms with Gasteiger partial charge in [-0.25, -0.2) is 4.79 Å². The van der Waals surface area contributed by atoms with E-state index in [0.717, 1.165) is 22.4 Å². The van der Waals surface area contributed by atoms with E-state index >= 15 is 0 Å². The third kappa shape index (κ3) is 2.22. The van der Waals surface area contributed by atoms with Crippen molar-refractivity contribution in [3.8, 4) is 0 Å². The van der Waals surface area contributed by atoms with Crippen LogP contribution in [0.25, 0.3) is 11.0 Å². The van der Waals surface area contributed by atoms with E-state index in [2.05, 4.69) is 9.97 Å². The lowest BCUT2D eigenvalue weighted by Gasteiger charge is -1.98. The van der Waals surface area contributed by atoms with Crippen LogP contribution in [0.3, 0.4) is 0 Å². The molecular formula is C14H12N2O3. The Bertz CT molecular complexity index is 807. The molecule has 2 N–H and O–H groups in total. The van der Waals surface area contributed by atoms with E-state index in [1.807, 2.05) is 18.2 Å². The second-order valence-corrected chi connectivity index (χ2v) is 4.46. The minimum atomic E-state index is -0.219. The molecule has 0 fully saturated rings. The second-order valence-electron chi connectivity index (χ2n) is 4.46. The number of hydrogen-bond acceptors (Lipinski definition) is 3. The van der Waals surface area contributed by atoms with Gasteiger partial charge in [-0.3, -0.25) is 4.79 Å². The quantitative estimate of drug-likeness (QED) is 0.705. The van der Waals surface area contributed by atoms with Gasteiger partial charge in [0.1, 0.15) is 5.76 Å². The fourth-order valence-corrected chi connectivity index (χ4v) is 2.05. The second kappa shape index (κ2) is 4.28. The number of aromatic amines is 2. The Hall–Kier alpha value is -2.56. The van der Waals surface area contributed by atoms with Crippen molar-refractivity contribution in [2.24, 2.45) is 0 Å². The first-order valence-corrected chi connectivity index (χ1v) is 5.92. The van der Waals surface area contributed by atoms with Crippen molar-refractivity contribution in [1.29, 1.82) is 0 Å². The molecule has 0 radical (unpaired) electrons. The molecule has 0 saturated carbocycles. The van der Waals surface area contributed by atoms with Gasteiger partial charge in [-0.2, -0.15) is 0 Å². The van der Waals surface area contributed by atoms with Gasteiger partial charge < -0.3 is 14.4 Å². The zero-order valence-electron chi connectivity index (χ0n) is 10.3. The molecule has 3 aromatic rings. The Balaban J connectivity index is 1.91. The van der Waals surface area contributed by atoms with Gasteiger partial charge in [-0.05, 0) is 29.8 Å². The minimum absolute atomic E-state index is 0.0864. The molecule has 5 nitrogen and oxygen atoms in total. The number of imidazole rings is 1. The van der Waals surface area contributed by atoms with E-state index < -0.39 is 0 Å². The van der Waals surface area contributed by atoms with Crippen LogP contribution < -0.4 is 5.69 Å². The average Bonchev–Trinajstić information content (AvgIpc) is 2.94. The maximum absolute atomic E-state index is 11.2. The summed E-state index contributed by atoms with van der Waals surface area (Å²) >= 11 is 0. The molecule has 96 valence electrons. The number of hydrogen-bond donors (Lipinski definition) is 2. The number of carbonyl (C=O) groups is 1. The summed E-state index contributed by atoms with van der Waals surface area (Å²) in [5, 5.41) is 0. The molecule has 2 heterocycles. The molecular weight excluding hydrogens is 244 g/mol. The number of H-pyrrole nitrogens is 2. The van der Waals surface area contributed by atoms with Crippen LogP contribution >= 0.6 is 0 Å². The van der Waals surface area contributed by atoms with E-state index in [1.54, 1.807) is 12.1 Å². The highest BCUT2D eigenvalue weighted by atomic mass is 16.3. The number of carbonyl (C=O) groups excluding carboxylic acids is 1. The van der Waals surface area contributed by atoms with Crippen LogP contribution in [0, 0.1) is 0 Å². The summed E-state index contributed by atoms with van der Waals surface area (Å²) in [5.41, 5.74) is 2.33. The van der Waals surface area contributed by atoms with E-state index in [-0.39, 0.29) is 11.5 Å². The monoisotopic (exact) mass is 256 g/mol. The molecule has 0 spiro atoms. The standard InChI is InChI=1S/C14H12N2O3/c1-8(17)13-5-3-10(19-13)6-9-2-4-11-12(7-9)16-14(18)15-11/h2-5,7H,6H2,1H3,(H2,15,16,18). The zero-order chi connectivity index (χ0) is 13.4. The van der Waals surface area contributed by atoms with Crippen LogP contribution in [-0.4, -0.2) is 15.8 Å². The number of benzene rings is 1. The maximum atomic E-state index is 11.2. The van der Waals surface area contributed by atoms with Crippen LogP contribution in [0.5, 0.6) is 0 Å². The lowest BCUT2D eigenvalue weighted by atomic mass is 10.1.